The molecule has 0 bridgehead atoms. The monoisotopic (exact) mass is 338 g/mol. The van der Waals surface area contributed by atoms with Crippen LogP contribution in [0.1, 0.15) is 52.5 Å². The molecule has 2 nitrogen and oxygen atoms in total. The van der Waals surface area contributed by atoms with Crippen molar-refractivity contribution in [2.45, 2.75) is 47.0 Å². The lowest BCUT2D eigenvalue weighted by Gasteiger charge is -2.07. The first-order valence-electron chi connectivity index (χ1n) is 8.93. The van der Waals surface area contributed by atoms with Gasteiger partial charge < -0.3 is 9.53 Å². The van der Waals surface area contributed by atoms with Crippen LogP contribution in [0.3, 0.4) is 0 Å². The highest BCUT2D eigenvalue weighted by Gasteiger charge is 2.57. The first kappa shape index (κ1) is 19.2. The van der Waals surface area contributed by atoms with Crippen LogP contribution < -0.4 is 4.74 Å². The lowest BCUT2D eigenvalue weighted by molar-refractivity contribution is -0.112. The van der Waals surface area contributed by atoms with Crippen LogP contribution in [-0.2, 0) is 4.79 Å². The minimum Gasteiger partial charge on any atom is -0.497 e. The Kier molecular flexibility index (Phi) is 5.72. The minimum absolute atomic E-state index is 0.00694. The number of methoxy groups -OCH3 is 1. The molecule has 2 aromatic rings. The number of hydrogen-bond acceptors (Lipinski definition) is 2. The van der Waals surface area contributed by atoms with Crippen molar-refractivity contribution in [3.05, 3.63) is 54.1 Å². The van der Waals surface area contributed by atoms with E-state index < -0.39 is 0 Å². The summed E-state index contributed by atoms with van der Waals surface area (Å²) in [6, 6.07) is 16.9. The Bertz CT molecular complexity index is 696. The third-order valence-electron chi connectivity index (χ3n) is 5.49. The molecule has 3 rings (SSSR count). The van der Waals surface area contributed by atoms with Crippen LogP contribution in [0.5, 0.6) is 5.75 Å². The van der Waals surface area contributed by atoms with E-state index in [9.17, 15) is 4.79 Å². The highest BCUT2D eigenvalue weighted by atomic mass is 16.5. The summed E-state index contributed by atoms with van der Waals surface area (Å²) in [4.78, 5) is 10.3. The maximum Gasteiger partial charge on any atom is 0.126 e. The second kappa shape index (κ2) is 7.43. The van der Waals surface area contributed by atoms with E-state index in [2.05, 4.69) is 64.1 Å². The fourth-order valence-corrected chi connectivity index (χ4v) is 2.92. The van der Waals surface area contributed by atoms with Gasteiger partial charge in [0.05, 0.1) is 7.11 Å². The van der Waals surface area contributed by atoms with Gasteiger partial charge in [-0.3, -0.25) is 0 Å². The Morgan fingerprint density at radius 3 is 1.64 bits per heavy atom. The van der Waals surface area contributed by atoms with Crippen molar-refractivity contribution in [1.82, 2.24) is 0 Å². The van der Waals surface area contributed by atoms with E-state index in [1.807, 2.05) is 19.1 Å². The Labute approximate surface area is 152 Å². The van der Waals surface area contributed by atoms with Crippen molar-refractivity contribution < 1.29 is 9.53 Å². The average molecular weight is 338 g/mol. The summed E-state index contributed by atoms with van der Waals surface area (Å²) in [6.07, 6.45) is 2.14. The third kappa shape index (κ3) is 4.50. The molecular weight excluding hydrogens is 308 g/mol. The lowest BCUT2D eigenvalue weighted by atomic mass is 9.99. The van der Waals surface area contributed by atoms with Gasteiger partial charge in [-0.15, -0.1) is 0 Å². The molecule has 1 fully saturated rings. The van der Waals surface area contributed by atoms with Crippen molar-refractivity contribution in [3.63, 3.8) is 0 Å². The van der Waals surface area contributed by atoms with Gasteiger partial charge in [0.2, 0.25) is 0 Å². The van der Waals surface area contributed by atoms with Gasteiger partial charge >= 0.3 is 0 Å². The van der Waals surface area contributed by atoms with E-state index in [-0.39, 0.29) is 10.8 Å². The molecule has 0 aromatic heterocycles. The van der Waals surface area contributed by atoms with Crippen LogP contribution in [0.4, 0.5) is 0 Å². The van der Waals surface area contributed by atoms with Crippen LogP contribution in [0.25, 0.3) is 11.1 Å². The molecule has 1 aliphatic rings. The molecule has 134 valence electrons. The third-order valence-corrected chi connectivity index (χ3v) is 5.49. The van der Waals surface area contributed by atoms with Crippen molar-refractivity contribution >= 4 is 6.29 Å². The van der Waals surface area contributed by atoms with Crippen LogP contribution >= 0.6 is 0 Å². The molecule has 1 saturated carbocycles. The van der Waals surface area contributed by atoms with Crippen molar-refractivity contribution in [1.29, 1.82) is 0 Å². The van der Waals surface area contributed by atoms with Gasteiger partial charge in [-0.25, -0.2) is 0 Å². The largest absolute Gasteiger partial charge is 0.497 e. The number of carbonyl (C=O) groups is 1. The molecule has 1 atom stereocenters. The van der Waals surface area contributed by atoms with E-state index >= 15 is 0 Å². The Morgan fingerprint density at radius 2 is 1.36 bits per heavy atom. The molecule has 0 amide bonds. The summed E-state index contributed by atoms with van der Waals surface area (Å²) >= 11 is 0. The normalized spacial score (nSPS) is 20.4. The van der Waals surface area contributed by atoms with E-state index in [4.69, 9.17) is 4.74 Å². The summed E-state index contributed by atoms with van der Waals surface area (Å²) in [7, 11) is 1.69. The van der Waals surface area contributed by atoms with Gasteiger partial charge in [-0.1, -0.05) is 71.0 Å². The van der Waals surface area contributed by atoms with Gasteiger partial charge in [-0.2, -0.15) is 0 Å². The summed E-state index contributed by atoms with van der Waals surface area (Å²) in [5.74, 6) is 1.48. The highest BCUT2D eigenvalue weighted by molar-refractivity contribution is 5.65. The molecule has 0 saturated heterocycles. The Balaban J connectivity index is 0.000000236. The maximum atomic E-state index is 10.3. The standard InChI is InChI=1S/C16H18O.C7H12O/c1-12(2)13-4-6-14(7-5-13)15-8-10-16(17-3)11-9-15;1-6(2)4-7(6,3)5-8/h4-12H,1-3H3;5H,4H2,1-3H3. The number of hydrogen-bond donors (Lipinski definition) is 0. The Morgan fingerprint density at radius 1 is 0.920 bits per heavy atom. The van der Waals surface area contributed by atoms with E-state index in [1.165, 1.54) is 16.7 Å². The minimum atomic E-state index is 0.00694. The molecule has 0 heterocycles. The molecule has 0 N–H and O–H groups in total. The zero-order valence-electron chi connectivity index (χ0n) is 16.3. The fourth-order valence-electron chi connectivity index (χ4n) is 2.92. The predicted octanol–water partition coefficient (Wildman–Crippen LogP) is 6.11. The summed E-state index contributed by atoms with van der Waals surface area (Å²) in [5.41, 5.74) is 4.14. The number of ether oxygens (including phenoxy) is 1. The van der Waals surface area contributed by atoms with E-state index in [0.29, 0.717) is 5.92 Å². The van der Waals surface area contributed by atoms with Crippen LogP contribution in [-0.4, -0.2) is 13.4 Å². The number of rotatable bonds is 4. The van der Waals surface area contributed by atoms with Gasteiger partial charge in [0, 0.05) is 5.41 Å². The zero-order chi connectivity index (χ0) is 18.7. The molecule has 1 unspecified atom stereocenters. The van der Waals surface area contributed by atoms with Crippen LogP contribution in [0.15, 0.2) is 48.5 Å². The molecule has 0 radical (unpaired) electrons. The Hall–Kier alpha value is -2.09. The molecule has 2 heteroatoms. The topological polar surface area (TPSA) is 26.3 Å². The first-order valence-corrected chi connectivity index (χ1v) is 8.93. The summed E-state index contributed by atoms with van der Waals surface area (Å²) in [6.45, 7) is 10.7. The fraction of sp³-hybridized carbons (Fsp3) is 0.435. The van der Waals surface area contributed by atoms with Crippen LogP contribution in [0, 0.1) is 10.8 Å². The van der Waals surface area contributed by atoms with Crippen LogP contribution in [0.2, 0.25) is 0 Å². The lowest BCUT2D eigenvalue weighted by Crippen LogP contribution is -2.03. The molecule has 2 aromatic carbocycles. The molecule has 0 spiro atoms. The average Bonchev–Trinajstić information content (AvgIpc) is 3.14. The number of aldehydes is 1. The number of benzene rings is 2. The first-order chi connectivity index (χ1) is 11.7. The second-order valence-corrected chi connectivity index (χ2v) is 8.10. The SMILES string of the molecule is CC1(C)CC1(C)C=O.COc1ccc(-c2ccc(C(C)C)cc2)cc1. The van der Waals surface area contributed by atoms with Crippen molar-refractivity contribution in [2.24, 2.45) is 10.8 Å². The predicted molar refractivity (Wildman–Crippen MR) is 105 cm³/mol. The zero-order valence-corrected chi connectivity index (χ0v) is 16.3. The van der Waals surface area contributed by atoms with Crippen molar-refractivity contribution in [3.8, 4) is 16.9 Å². The van der Waals surface area contributed by atoms with Gasteiger partial charge in [0.15, 0.2) is 0 Å². The number of carbonyl (C=O) groups excluding carboxylic acids is 1. The smallest absolute Gasteiger partial charge is 0.126 e. The van der Waals surface area contributed by atoms with Gasteiger partial charge in [0.25, 0.3) is 0 Å². The van der Waals surface area contributed by atoms with Gasteiger partial charge in [-0.05, 0) is 46.6 Å². The highest BCUT2D eigenvalue weighted by Crippen LogP contribution is 2.61. The van der Waals surface area contributed by atoms with E-state index in [1.54, 1.807) is 7.11 Å². The molecule has 1 aliphatic carbocycles. The van der Waals surface area contributed by atoms with Gasteiger partial charge in [0.1, 0.15) is 12.0 Å². The van der Waals surface area contributed by atoms with Crippen molar-refractivity contribution in [2.75, 3.05) is 7.11 Å². The molecule has 25 heavy (non-hydrogen) atoms. The van der Waals surface area contributed by atoms with E-state index in [0.717, 1.165) is 18.5 Å². The second-order valence-electron chi connectivity index (χ2n) is 8.10. The quantitative estimate of drug-likeness (QED) is 0.629. The summed E-state index contributed by atoms with van der Waals surface area (Å²) < 4.78 is 5.16. The maximum absolute atomic E-state index is 10.3. The molecular formula is C23H30O2. The summed E-state index contributed by atoms with van der Waals surface area (Å²) in [5, 5.41) is 0. The molecule has 0 aliphatic heterocycles.